The summed E-state index contributed by atoms with van der Waals surface area (Å²) in [6.45, 7) is 4.38. The quantitative estimate of drug-likeness (QED) is 0.637. The average molecular weight is 285 g/mol. The molecule has 0 bridgehead atoms. The minimum Gasteiger partial charge on any atom is -0.394 e. The van der Waals surface area contributed by atoms with Gasteiger partial charge in [0.15, 0.2) is 0 Å². The van der Waals surface area contributed by atoms with E-state index < -0.39 is 24.4 Å². The minimum absolute atomic E-state index is 0.293. The molecule has 114 valence electrons. The van der Waals surface area contributed by atoms with Gasteiger partial charge in [-0.25, -0.2) is 4.68 Å². The number of nitrogens with zero attached hydrogens (tertiary/aromatic N) is 3. The zero-order valence-electron chi connectivity index (χ0n) is 11.9. The Labute approximate surface area is 118 Å². The third-order valence-electron chi connectivity index (χ3n) is 3.85. The van der Waals surface area contributed by atoms with E-state index in [4.69, 9.17) is 9.84 Å². The Hall–Kier alpha value is -1.02. The fourth-order valence-corrected chi connectivity index (χ4v) is 2.67. The standard InChI is InChI=1S/C13H23N3O4/c1-3-8-9(4-2)16(15-14-8)6-5-10-12(18)13(19)11(7-17)20-10/h10-13,17-19H,3-7H2,1-2H3/t10-,11+,12-,13+/m0/s1. The lowest BCUT2D eigenvalue weighted by atomic mass is 10.1. The lowest BCUT2D eigenvalue weighted by molar-refractivity contribution is -0.0254. The first-order valence-corrected chi connectivity index (χ1v) is 7.16. The molecule has 1 aliphatic heterocycles. The van der Waals surface area contributed by atoms with E-state index in [9.17, 15) is 10.2 Å². The molecule has 1 aromatic rings. The number of rotatable bonds is 6. The third kappa shape index (κ3) is 2.85. The Balaban J connectivity index is 1.97. The van der Waals surface area contributed by atoms with Crippen LogP contribution in [0.1, 0.15) is 31.7 Å². The number of ether oxygens (including phenoxy) is 1. The molecule has 0 spiro atoms. The van der Waals surface area contributed by atoms with E-state index in [1.165, 1.54) is 0 Å². The lowest BCUT2D eigenvalue weighted by Crippen LogP contribution is -2.34. The fourth-order valence-electron chi connectivity index (χ4n) is 2.67. The van der Waals surface area contributed by atoms with Crippen molar-refractivity contribution in [3.8, 4) is 0 Å². The van der Waals surface area contributed by atoms with E-state index in [1.807, 2.05) is 11.6 Å². The van der Waals surface area contributed by atoms with E-state index in [1.54, 1.807) is 0 Å². The molecule has 1 fully saturated rings. The maximum atomic E-state index is 9.88. The summed E-state index contributed by atoms with van der Waals surface area (Å²) in [7, 11) is 0. The van der Waals surface area contributed by atoms with Gasteiger partial charge < -0.3 is 20.1 Å². The van der Waals surface area contributed by atoms with Crippen LogP contribution in [0, 0.1) is 0 Å². The van der Waals surface area contributed by atoms with Crippen LogP contribution >= 0.6 is 0 Å². The summed E-state index contributed by atoms with van der Waals surface area (Å²) < 4.78 is 7.28. The van der Waals surface area contributed by atoms with Crippen molar-refractivity contribution in [3.63, 3.8) is 0 Å². The van der Waals surface area contributed by atoms with Crippen LogP contribution in [0.5, 0.6) is 0 Å². The molecule has 4 atom stereocenters. The van der Waals surface area contributed by atoms with E-state index >= 15 is 0 Å². The van der Waals surface area contributed by atoms with Gasteiger partial charge in [-0.15, -0.1) is 5.10 Å². The summed E-state index contributed by atoms with van der Waals surface area (Å²) in [5, 5.41) is 36.9. The highest BCUT2D eigenvalue weighted by molar-refractivity contribution is 5.09. The van der Waals surface area contributed by atoms with E-state index in [-0.39, 0.29) is 6.61 Å². The number of aryl methyl sites for hydroxylation is 2. The van der Waals surface area contributed by atoms with Crippen molar-refractivity contribution >= 4 is 0 Å². The fraction of sp³-hybridized carbons (Fsp3) is 0.846. The van der Waals surface area contributed by atoms with Gasteiger partial charge in [0.2, 0.25) is 0 Å². The van der Waals surface area contributed by atoms with Crippen LogP contribution in [0.4, 0.5) is 0 Å². The molecular formula is C13H23N3O4. The van der Waals surface area contributed by atoms with Crippen LogP contribution in [0.3, 0.4) is 0 Å². The molecule has 7 nitrogen and oxygen atoms in total. The maximum absolute atomic E-state index is 9.88. The van der Waals surface area contributed by atoms with E-state index in [2.05, 4.69) is 17.2 Å². The lowest BCUT2D eigenvalue weighted by Gasteiger charge is -2.15. The van der Waals surface area contributed by atoms with Crippen molar-refractivity contribution in [2.45, 2.75) is 64.1 Å². The van der Waals surface area contributed by atoms with E-state index in [0.29, 0.717) is 13.0 Å². The van der Waals surface area contributed by atoms with Crippen molar-refractivity contribution in [1.29, 1.82) is 0 Å². The Bertz CT molecular complexity index is 437. The minimum atomic E-state index is -1.03. The highest BCUT2D eigenvalue weighted by Gasteiger charge is 2.41. The van der Waals surface area contributed by atoms with Gasteiger partial charge in [-0.05, 0) is 19.3 Å². The monoisotopic (exact) mass is 285 g/mol. The number of hydrogen-bond donors (Lipinski definition) is 3. The molecule has 20 heavy (non-hydrogen) atoms. The number of hydrogen-bond acceptors (Lipinski definition) is 6. The summed E-state index contributed by atoms with van der Waals surface area (Å²) in [6, 6.07) is 0. The first kappa shape index (κ1) is 15.4. The Morgan fingerprint density at radius 2 is 1.85 bits per heavy atom. The first-order chi connectivity index (χ1) is 9.62. The smallest absolute Gasteiger partial charge is 0.111 e. The number of aromatic nitrogens is 3. The van der Waals surface area contributed by atoms with Crippen LogP contribution in [0.2, 0.25) is 0 Å². The molecule has 3 N–H and O–H groups in total. The molecule has 0 saturated carbocycles. The van der Waals surface area contributed by atoms with Gasteiger partial charge in [0.1, 0.15) is 18.3 Å². The van der Waals surface area contributed by atoms with Crippen LogP contribution in [0.25, 0.3) is 0 Å². The average Bonchev–Trinajstić information content (AvgIpc) is 2.99. The predicted molar refractivity (Wildman–Crippen MR) is 71.2 cm³/mol. The largest absolute Gasteiger partial charge is 0.394 e. The zero-order chi connectivity index (χ0) is 14.7. The van der Waals surface area contributed by atoms with Crippen molar-refractivity contribution in [1.82, 2.24) is 15.0 Å². The number of aliphatic hydroxyl groups is 3. The van der Waals surface area contributed by atoms with Gasteiger partial charge in [0.25, 0.3) is 0 Å². The summed E-state index contributed by atoms with van der Waals surface area (Å²) in [5.41, 5.74) is 2.09. The van der Waals surface area contributed by atoms with E-state index in [0.717, 1.165) is 24.2 Å². The molecule has 0 radical (unpaired) electrons. The topological polar surface area (TPSA) is 101 Å². The highest BCUT2D eigenvalue weighted by atomic mass is 16.6. The third-order valence-corrected chi connectivity index (χ3v) is 3.85. The van der Waals surface area contributed by atoms with Crippen molar-refractivity contribution in [2.75, 3.05) is 6.61 Å². The number of aliphatic hydroxyl groups excluding tert-OH is 3. The second-order valence-corrected chi connectivity index (χ2v) is 5.08. The predicted octanol–water partition coefficient (Wildman–Crippen LogP) is -0.726. The second kappa shape index (κ2) is 6.62. The Kier molecular flexibility index (Phi) is 5.09. The molecule has 0 unspecified atom stereocenters. The second-order valence-electron chi connectivity index (χ2n) is 5.08. The normalized spacial score (nSPS) is 30.1. The molecule has 1 aromatic heterocycles. The molecule has 1 saturated heterocycles. The summed E-state index contributed by atoms with van der Waals surface area (Å²) in [5.74, 6) is 0. The molecule has 2 rings (SSSR count). The molecular weight excluding hydrogens is 262 g/mol. The summed E-state index contributed by atoms with van der Waals surface area (Å²) in [4.78, 5) is 0. The van der Waals surface area contributed by atoms with Crippen LogP contribution in [-0.4, -0.2) is 61.3 Å². The van der Waals surface area contributed by atoms with Gasteiger partial charge in [0.05, 0.1) is 24.1 Å². The maximum Gasteiger partial charge on any atom is 0.111 e. The van der Waals surface area contributed by atoms with Crippen LogP contribution in [0.15, 0.2) is 0 Å². The molecule has 0 aromatic carbocycles. The summed E-state index contributed by atoms with van der Waals surface area (Å²) >= 11 is 0. The van der Waals surface area contributed by atoms with Crippen LogP contribution in [-0.2, 0) is 24.1 Å². The SMILES string of the molecule is CCc1nnn(CC[C@@H]2O[C@H](CO)[C@@H](O)[C@H]2O)c1CC. The van der Waals surface area contributed by atoms with Gasteiger partial charge in [0, 0.05) is 6.54 Å². The molecule has 7 heteroatoms. The van der Waals surface area contributed by atoms with Crippen molar-refractivity contribution in [2.24, 2.45) is 0 Å². The molecule has 0 aliphatic carbocycles. The van der Waals surface area contributed by atoms with Gasteiger partial charge in [-0.3, -0.25) is 0 Å². The van der Waals surface area contributed by atoms with Crippen molar-refractivity contribution < 1.29 is 20.1 Å². The Morgan fingerprint density at radius 3 is 2.40 bits per heavy atom. The zero-order valence-corrected chi connectivity index (χ0v) is 11.9. The van der Waals surface area contributed by atoms with Gasteiger partial charge in [-0.2, -0.15) is 0 Å². The Morgan fingerprint density at radius 1 is 1.15 bits per heavy atom. The first-order valence-electron chi connectivity index (χ1n) is 7.16. The summed E-state index contributed by atoms with van der Waals surface area (Å²) in [6.07, 6.45) is -0.968. The highest BCUT2D eigenvalue weighted by Crippen LogP contribution is 2.24. The molecule has 2 heterocycles. The van der Waals surface area contributed by atoms with Gasteiger partial charge >= 0.3 is 0 Å². The van der Waals surface area contributed by atoms with Crippen LogP contribution < -0.4 is 0 Å². The van der Waals surface area contributed by atoms with Gasteiger partial charge in [-0.1, -0.05) is 19.1 Å². The molecule has 1 aliphatic rings. The van der Waals surface area contributed by atoms with Crippen molar-refractivity contribution in [3.05, 3.63) is 11.4 Å². The molecule has 0 amide bonds.